The van der Waals surface area contributed by atoms with Crippen LogP contribution in [0.1, 0.15) is 0 Å². The Balaban J connectivity index is 1.68. The lowest BCUT2D eigenvalue weighted by molar-refractivity contribution is -0.384. The highest BCUT2D eigenvalue weighted by Gasteiger charge is 2.17. The number of nitrogens with one attached hydrogen (secondary N) is 1. The number of thioether (sulfide) groups is 1. The summed E-state index contributed by atoms with van der Waals surface area (Å²) in [5.41, 5.74) is 0.377. The Morgan fingerprint density at radius 1 is 1.43 bits per heavy atom. The monoisotopic (exact) mass is 463 g/mol. The fourth-order valence-electron chi connectivity index (χ4n) is 2.31. The van der Waals surface area contributed by atoms with E-state index in [9.17, 15) is 14.9 Å². The molecular weight excluding hydrogens is 450 g/mol. The summed E-state index contributed by atoms with van der Waals surface area (Å²) in [5.74, 6) is 0.912. The quantitative estimate of drug-likeness (QED) is 0.231. The van der Waals surface area contributed by atoms with Gasteiger partial charge in [-0.1, -0.05) is 17.8 Å². The van der Waals surface area contributed by atoms with Gasteiger partial charge in [0.1, 0.15) is 0 Å². The molecule has 0 saturated carbocycles. The number of amides is 1. The standard InChI is InChI=1S/C17H14BrN5O4S/c1-2-7-22-16(14-4-3-8-27-14)20-21-17(22)28-10-15(24)19-13-6-5-11(23(25)26)9-12(13)18/h2-6,8-9H,1,7,10H2,(H,19,24). The first-order valence-electron chi connectivity index (χ1n) is 7.94. The number of carbonyl (C=O) groups is 1. The van der Waals surface area contributed by atoms with Gasteiger partial charge in [-0.15, -0.1) is 16.8 Å². The number of hydrogen-bond acceptors (Lipinski definition) is 7. The molecule has 28 heavy (non-hydrogen) atoms. The summed E-state index contributed by atoms with van der Waals surface area (Å²) in [5, 5.41) is 22.3. The van der Waals surface area contributed by atoms with E-state index in [1.165, 1.54) is 30.0 Å². The Morgan fingerprint density at radius 3 is 2.89 bits per heavy atom. The summed E-state index contributed by atoms with van der Waals surface area (Å²) in [6.45, 7) is 4.19. The highest BCUT2D eigenvalue weighted by molar-refractivity contribution is 9.10. The molecule has 0 bridgehead atoms. The summed E-state index contributed by atoms with van der Waals surface area (Å²) < 4.78 is 7.59. The van der Waals surface area contributed by atoms with Crippen molar-refractivity contribution in [1.29, 1.82) is 0 Å². The number of non-ortho nitro benzene ring substituents is 1. The lowest BCUT2D eigenvalue weighted by Crippen LogP contribution is -2.15. The van der Waals surface area contributed by atoms with Crippen LogP contribution in [-0.4, -0.2) is 31.3 Å². The molecule has 0 saturated heterocycles. The van der Waals surface area contributed by atoms with Gasteiger partial charge in [0, 0.05) is 23.2 Å². The van der Waals surface area contributed by atoms with Crippen LogP contribution in [0, 0.1) is 10.1 Å². The molecule has 3 rings (SSSR count). The fourth-order valence-corrected chi connectivity index (χ4v) is 3.53. The molecule has 0 aliphatic heterocycles. The van der Waals surface area contributed by atoms with E-state index in [-0.39, 0.29) is 17.3 Å². The molecule has 1 amide bonds. The van der Waals surface area contributed by atoms with Crippen molar-refractivity contribution >= 4 is 45.0 Å². The highest BCUT2D eigenvalue weighted by atomic mass is 79.9. The fraction of sp³-hybridized carbons (Fsp3) is 0.118. The van der Waals surface area contributed by atoms with Crippen molar-refractivity contribution in [1.82, 2.24) is 14.8 Å². The van der Waals surface area contributed by atoms with Crippen molar-refractivity contribution in [2.75, 3.05) is 11.1 Å². The second-order valence-electron chi connectivity index (χ2n) is 5.44. The van der Waals surface area contributed by atoms with Crippen molar-refractivity contribution in [3.63, 3.8) is 0 Å². The molecule has 1 N–H and O–H groups in total. The Bertz CT molecular complexity index is 1020. The molecule has 0 fully saturated rings. The SMILES string of the molecule is C=CCn1c(SCC(=O)Nc2ccc([N+](=O)[O-])cc2Br)nnc1-c1ccco1. The van der Waals surface area contributed by atoms with Gasteiger partial charge in [0.25, 0.3) is 5.69 Å². The van der Waals surface area contributed by atoms with E-state index in [1.807, 2.05) is 0 Å². The first kappa shape index (κ1) is 19.8. The lowest BCUT2D eigenvalue weighted by Gasteiger charge is -2.08. The Morgan fingerprint density at radius 2 is 2.25 bits per heavy atom. The zero-order valence-electron chi connectivity index (χ0n) is 14.4. The van der Waals surface area contributed by atoms with E-state index in [0.717, 1.165) is 0 Å². The number of nitrogens with zero attached hydrogens (tertiary/aromatic N) is 4. The number of furan rings is 1. The van der Waals surface area contributed by atoms with Gasteiger partial charge in [-0.3, -0.25) is 19.5 Å². The molecule has 1 aromatic carbocycles. The van der Waals surface area contributed by atoms with E-state index in [2.05, 4.69) is 38.0 Å². The number of nitro benzene ring substituents is 1. The number of nitro groups is 1. The normalized spacial score (nSPS) is 10.6. The molecule has 0 aliphatic carbocycles. The van der Waals surface area contributed by atoms with Crippen LogP contribution >= 0.6 is 27.7 Å². The van der Waals surface area contributed by atoms with E-state index >= 15 is 0 Å². The molecular formula is C17H14BrN5O4S. The van der Waals surface area contributed by atoms with Gasteiger partial charge in [0.15, 0.2) is 10.9 Å². The Labute approximate surface area is 172 Å². The minimum Gasteiger partial charge on any atom is -0.461 e. The number of carbonyl (C=O) groups excluding carboxylic acids is 1. The Hall–Kier alpha value is -2.92. The van der Waals surface area contributed by atoms with Crippen molar-refractivity contribution < 1.29 is 14.1 Å². The molecule has 11 heteroatoms. The minimum absolute atomic E-state index is 0.0674. The van der Waals surface area contributed by atoms with Crippen LogP contribution in [-0.2, 0) is 11.3 Å². The average Bonchev–Trinajstić information content (AvgIpc) is 3.31. The second kappa shape index (κ2) is 8.85. The van der Waals surface area contributed by atoms with Crippen molar-refractivity contribution in [2.45, 2.75) is 11.7 Å². The summed E-state index contributed by atoms with van der Waals surface area (Å²) in [6, 6.07) is 7.66. The third-order valence-electron chi connectivity index (χ3n) is 3.54. The molecule has 0 atom stereocenters. The highest BCUT2D eigenvalue weighted by Crippen LogP contribution is 2.28. The molecule has 3 aromatic rings. The topological polar surface area (TPSA) is 116 Å². The zero-order chi connectivity index (χ0) is 20.1. The Kier molecular flexibility index (Phi) is 6.26. The third kappa shape index (κ3) is 4.49. The maximum atomic E-state index is 12.3. The van der Waals surface area contributed by atoms with Gasteiger partial charge in [0.05, 0.1) is 22.6 Å². The average molecular weight is 464 g/mol. The maximum Gasteiger partial charge on any atom is 0.270 e. The minimum atomic E-state index is -0.505. The summed E-state index contributed by atoms with van der Waals surface area (Å²) in [6.07, 6.45) is 3.25. The van der Waals surface area contributed by atoms with E-state index in [1.54, 1.807) is 29.0 Å². The van der Waals surface area contributed by atoms with Gasteiger partial charge in [-0.05, 0) is 34.1 Å². The van der Waals surface area contributed by atoms with Gasteiger partial charge in [0.2, 0.25) is 11.7 Å². The number of aromatic nitrogens is 3. The van der Waals surface area contributed by atoms with Gasteiger partial charge < -0.3 is 9.73 Å². The number of anilines is 1. The zero-order valence-corrected chi connectivity index (χ0v) is 16.8. The van der Waals surface area contributed by atoms with Crippen molar-refractivity contribution in [2.24, 2.45) is 0 Å². The summed E-state index contributed by atoms with van der Waals surface area (Å²) in [4.78, 5) is 22.6. The van der Waals surface area contributed by atoms with Crippen LogP contribution in [0.3, 0.4) is 0 Å². The lowest BCUT2D eigenvalue weighted by atomic mass is 10.3. The molecule has 0 aliphatic rings. The summed E-state index contributed by atoms with van der Waals surface area (Å²) >= 11 is 4.43. The van der Waals surface area contributed by atoms with E-state index in [0.29, 0.717) is 33.4 Å². The van der Waals surface area contributed by atoms with Crippen LogP contribution in [0.15, 0.2) is 63.3 Å². The van der Waals surface area contributed by atoms with Crippen molar-refractivity contribution in [3.8, 4) is 11.6 Å². The first-order valence-corrected chi connectivity index (χ1v) is 9.72. The molecule has 0 spiro atoms. The maximum absolute atomic E-state index is 12.3. The molecule has 0 unspecified atom stereocenters. The number of rotatable bonds is 8. The third-order valence-corrected chi connectivity index (χ3v) is 5.16. The molecule has 2 aromatic heterocycles. The smallest absolute Gasteiger partial charge is 0.270 e. The van der Waals surface area contributed by atoms with Gasteiger partial charge in [-0.2, -0.15) is 0 Å². The summed E-state index contributed by atoms with van der Waals surface area (Å²) in [7, 11) is 0. The number of hydrogen-bond donors (Lipinski definition) is 1. The van der Waals surface area contributed by atoms with Gasteiger partial charge >= 0.3 is 0 Å². The van der Waals surface area contributed by atoms with Crippen LogP contribution in [0.25, 0.3) is 11.6 Å². The molecule has 9 nitrogen and oxygen atoms in total. The number of halogens is 1. The van der Waals surface area contributed by atoms with Crippen LogP contribution < -0.4 is 5.32 Å². The molecule has 2 heterocycles. The largest absolute Gasteiger partial charge is 0.461 e. The number of benzene rings is 1. The predicted molar refractivity (Wildman–Crippen MR) is 108 cm³/mol. The van der Waals surface area contributed by atoms with E-state index < -0.39 is 4.92 Å². The molecule has 0 radical (unpaired) electrons. The van der Waals surface area contributed by atoms with Gasteiger partial charge in [-0.25, -0.2) is 0 Å². The first-order chi connectivity index (χ1) is 13.5. The van der Waals surface area contributed by atoms with E-state index in [4.69, 9.17) is 4.42 Å². The van der Waals surface area contributed by atoms with Crippen LogP contribution in [0.4, 0.5) is 11.4 Å². The predicted octanol–water partition coefficient (Wildman–Crippen LogP) is 4.13. The van der Waals surface area contributed by atoms with Crippen molar-refractivity contribution in [3.05, 3.63) is 63.8 Å². The van der Waals surface area contributed by atoms with Crippen LogP contribution in [0.5, 0.6) is 0 Å². The number of allylic oxidation sites excluding steroid dienone is 1. The van der Waals surface area contributed by atoms with Crippen LogP contribution in [0.2, 0.25) is 0 Å². The molecule has 144 valence electrons. The second-order valence-corrected chi connectivity index (χ2v) is 7.24.